The highest BCUT2D eigenvalue weighted by Crippen LogP contribution is 2.06. The van der Waals surface area contributed by atoms with Gasteiger partial charge in [0.25, 0.3) is 0 Å². The zero-order chi connectivity index (χ0) is 24.2. The Kier molecular flexibility index (Phi) is 18.2. The molecule has 0 aliphatic carbocycles. The van der Waals surface area contributed by atoms with E-state index >= 15 is 0 Å². The Bertz CT molecular complexity index is 525. The molecule has 2 amide bonds. The van der Waals surface area contributed by atoms with Gasteiger partial charge in [-0.05, 0) is 58.2 Å². The number of carboxylic acid groups (broad SMARTS) is 1. The number of carbonyl (C=O) groups excluding carboxylic acids is 2. The fourth-order valence-corrected chi connectivity index (χ4v) is 2.97. The van der Waals surface area contributed by atoms with Crippen LogP contribution < -0.4 is 33.6 Å². The molecule has 0 aromatic heterocycles. The Morgan fingerprint density at radius 3 is 1.69 bits per heavy atom. The molecule has 0 radical (unpaired) electrons. The first kappa shape index (κ1) is 29.9. The van der Waals surface area contributed by atoms with Crippen LogP contribution in [0.15, 0.2) is 0 Å². The van der Waals surface area contributed by atoms with Crippen LogP contribution in [-0.2, 0) is 14.3 Å². The summed E-state index contributed by atoms with van der Waals surface area (Å²) < 4.78 is 9.85. The molecule has 0 bridgehead atoms. The van der Waals surface area contributed by atoms with Crippen LogP contribution in [-0.4, -0.2) is 74.2 Å². The number of nitrogens with one attached hydrogen (secondary N) is 2. The van der Waals surface area contributed by atoms with Gasteiger partial charge in [-0.2, -0.15) is 0 Å². The SMILES string of the molecule is NCCCC[C@@H](COC(=O)O)NC(=O)OC[C@H](CCCCN)NC(=O)[C@@H](N)CCCCN. The average Bonchev–Trinajstić information content (AvgIpc) is 2.75. The van der Waals surface area contributed by atoms with Crippen molar-refractivity contribution in [3.8, 4) is 0 Å². The van der Waals surface area contributed by atoms with Gasteiger partial charge in [-0.25, -0.2) is 9.59 Å². The second-order valence-corrected chi connectivity index (χ2v) is 7.68. The van der Waals surface area contributed by atoms with Crippen LogP contribution >= 0.6 is 0 Å². The van der Waals surface area contributed by atoms with E-state index in [0.717, 1.165) is 32.1 Å². The second-order valence-electron chi connectivity index (χ2n) is 7.68. The number of unbranched alkanes of at least 4 members (excludes halogenated alkanes) is 3. The maximum atomic E-state index is 12.4. The molecular formula is C20H42N6O6. The molecule has 11 N–H and O–H groups in total. The Labute approximate surface area is 190 Å². The molecule has 0 saturated heterocycles. The summed E-state index contributed by atoms with van der Waals surface area (Å²) in [5.41, 5.74) is 22.4. The molecule has 0 aliphatic heterocycles. The summed E-state index contributed by atoms with van der Waals surface area (Å²) in [4.78, 5) is 35.2. The maximum absolute atomic E-state index is 12.4. The number of hydrogen-bond acceptors (Lipinski definition) is 9. The van der Waals surface area contributed by atoms with E-state index in [-0.39, 0.29) is 19.1 Å². The number of nitrogens with two attached hydrogens (primary N) is 4. The first-order valence-electron chi connectivity index (χ1n) is 11.3. The van der Waals surface area contributed by atoms with Crippen LogP contribution in [0.5, 0.6) is 0 Å². The lowest BCUT2D eigenvalue weighted by molar-refractivity contribution is -0.123. The first-order chi connectivity index (χ1) is 15.3. The molecule has 188 valence electrons. The third-order valence-electron chi connectivity index (χ3n) is 4.81. The highest BCUT2D eigenvalue weighted by molar-refractivity contribution is 5.81. The second kappa shape index (κ2) is 19.5. The van der Waals surface area contributed by atoms with E-state index in [1.165, 1.54) is 0 Å². The average molecular weight is 463 g/mol. The van der Waals surface area contributed by atoms with Crippen molar-refractivity contribution in [2.45, 2.75) is 75.9 Å². The third-order valence-corrected chi connectivity index (χ3v) is 4.81. The van der Waals surface area contributed by atoms with E-state index in [1.807, 2.05) is 0 Å². The molecule has 32 heavy (non-hydrogen) atoms. The minimum absolute atomic E-state index is 0.0486. The van der Waals surface area contributed by atoms with Crippen molar-refractivity contribution >= 4 is 18.2 Å². The van der Waals surface area contributed by atoms with Gasteiger partial charge in [-0.1, -0.05) is 19.3 Å². The predicted octanol–water partition coefficient (Wildman–Crippen LogP) is -0.0251. The van der Waals surface area contributed by atoms with Gasteiger partial charge in [0.05, 0.1) is 18.1 Å². The van der Waals surface area contributed by atoms with Gasteiger partial charge >= 0.3 is 12.2 Å². The quantitative estimate of drug-likeness (QED) is 0.100. The summed E-state index contributed by atoms with van der Waals surface area (Å²) in [6, 6.07) is -1.61. The zero-order valence-electron chi connectivity index (χ0n) is 18.9. The molecule has 0 saturated carbocycles. The molecule has 0 spiro atoms. The number of alkyl carbamates (subject to hydrolysis) is 1. The van der Waals surface area contributed by atoms with E-state index < -0.39 is 30.4 Å². The van der Waals surface area contributed by atoms with Gasteiger partial charge in [0, 0.05) is 0 Å². The Morgan fingerprint density at radius 1 is 0.719 bits per heavy atom. The van der Waals surface area contributed by atoms with E-state index in [9.17, 15) is 14.4 Å². The molecule has 3 atom stereocenters. The summed E-state index contributed by atoms with van der Waals surface area (Å²) in [7, 11) is 0. The van der Waals surface area contributed by atoms with E-state index in [1.54, 1.807) is 0 Å². The van der Waals surface area contributed by atoms with Crippen LogP contribution in [0.3, 0.4) is 0 Å². The summed E-state index contributed by atoms with van der Waals surface area (Å²) in [6.45, 7) is 1.32. The lowest BCUT2D eigenvalue weighted by atomic mass is 10.1. The monoisotopic (exact) mass is 462 g/mol. The Morgan fingerprint density at radius 2 is 1.19 bits per heavy atom. The van der Waals surface area contributed by atoms with Gasteiger partial charge in [-0.3, -0.25) is 4.79 Å². The van der Waals surface area contributed by atoms with Crippen molar-refractivity contribution in [1.82, 2.24) is 10.6 Å². The molecule has 0 aromatic rings. The van der Waals surface area contributed by atoms with Crippen molar-refractivity contribution in [2.24, 2.45) is 22.9 Å². The number of amides is 2. The normalized spacial score (nSPS) is 13.6. The van der Waals surface area contributed by atoms with Gasteiger partial charge in [-0.15, -0.1) is 0 Å². The van der Waals surface area contributed by atoms with E-state index in [2.05, 4.69) is 15.4 Å². The molecule has 0 aliphatic rings. The number of carbonyl (C=O) groups is 3. The number of hydrogen-bond donors (Lipinski definition) is 7. The van der Waals surface area contributed by atoms with Crippen molar-refractivity contribution in [3.05, 3.63) is 0 Å². The van der Waals surface area contributed by atoms with Crippen LogP contribution in [0.25, 0.3) is 0 Å². The van der Waals surface area contributed by atoms with Crippen LogP contribution in [0.4, 0.5) is 9.59 Å². The highest BCUT2D eigenvalue weighted by atomic mass is 16.7. The fraction of sp³-hybridized carbons (Fsp3) is 0.850. The molecule has 0 rings (SSSR count). The molecule has 0 fully saturated rings. The molecule has 12 nitrogen and oxygen atoms in total. The van der Waals surface area contributed by atoms with Crippen LogP contribution in [0.1, 0.15) is 57.8 Å². The van der Waals surface area contributed by atoms with Crippen LogP contribution in [0, 0.1) is 0 Å². The standard InChI is InChI=1S/C20H42N6O6/c21-10-4-1-7-15(25-18(27)17(24)9-3-6-12-23)13-31-19(28)26-16(8-2-5-11-22)14-32-20(29)30/h15-17H,1-14,21-24H2,(H,25,27)(H,26,28)(H,29,30)/t15-,16-,17-/m0/s1. The van der Waals surface area contributed by atoms with Gasteiger partial charge in [0.15, 0.2) is 0 Å². The lowest BCUT2D eigenvalue weighted by Gasteiger charge is -2.22. The van der Waals surface area contributed by atoms with Crippen molar-refractivity contribution in [1.29, 1.82) is 0 Å². The number of rotatable bonds is 19. The van der Waals surface area contributed by atoms with Gasteiger partial charge in [0.2, 0.25) is 5.91 Å². The molecular weight excluding hydrogens is 420 g/mol. The molecule has 12 heteroatoms. The Balaban J connectivity index is 4.69. The van der Waals surface area contributed by atoms with E-state index in [4.69, 9.17) is 32.8 Å². The number of ether oxygens (including phenoxy) is 2. The smallest absolute Gasteiger partial charge is 0.450 e. The summed E-state index contributed by atoms with van der Waals surface area (Å²) in [5, 5.41) is 14.1. The molecule has 0 unspecified atom stereocenters. The summed E-state index contributed by atoms with van der Waals surface area (Å²) in [6.07, 6.45) is 3.96. The molecule has 0 aromatic carbocycles. The molecule has 0 heterocycles. The third kappa shape index (κ3) is 16.5. The van der Waals surface area contributed by atoms with Crippen molar-refractivity contribution < 1.29 is 29.0 Å². The Hall–Kier alpha value is -2.15. The largest absolute Gasteiger partial charge is 0.505 e. The zero-order valence-corrected chi connectivity index (χ0v) is 18.9. The summed E-state index contributed by atoms with van der Waals surface area (Å²) >= 11 is 0. The minimum Gasteiger partial charge on any atom is -0.450 e. The fourth-order valence-electron chi connectivity index (χ4n) is 2.97. The van der Waals surface area contributed by atoms with Crippen molar-refractivity contribution in [3.63, 3.8) is 0 Å². The van der Waals surface area contributed by atoms with Crippen molar-refractivity contribution in [2.75, 3.05) is 32.8 Å². The maximum Gasteiger partial charge on any atom is 0.505 e. The topological polar surface area (TPSA) is 218 Å². The van der Waals surface area contributed by atoms with Crippen LogP contribution in [0.2, 0.25) is 0 Å². The van der Waals surface area contributed by atoms with Gasteiger partial charge < -0.3 is 48.1 Å². The van der Waals surface area contributed by atoms with E-state index in [0.29, 0.717) is 45.3 Å². The van der Waals surface area contributed by atoms with Gasteiger partial charge in [0.1, 0.15) is 13.2 Å². The predicted molar refractivity (Wildman–Crippen MR) is 121 cm³/mol. The highest BCUT2D eigenvalue weighted by Gasteiger charge is 2.20. The lowest BCUT2D eigenvalue weighted by Crippen LogP contribution is -2.48. The summed E-state index contributed by atoms with van der Waals surface area (Å²) in [5.74, 6) is -0.307. The first-order valence-corrected chi connectivity index (χ1v) is 11.3. The minimum atomic E-state index is -1.42.